The predicted molar refractivity (Wildman–Crippen MR) is 53.3 cm³/mol. The van der Waals surface area contributed by atoms with Gasteiger partial charge in [-0.2, -0.15) is 5.10 Å². The molecule has 0 fully saturated rings. The molecule has 0 atom stereocenters. The van der Waals surface area contributed by atoms with E-state index in [-0.39, 0.29) is 0 Å². The van der Waals surface area contributed by atoms with E-state index in [2.05, 4.69) is 22.0 Å². The summed E-state index contributed by atoms with van der Waals surface area (Å²) in [5, 5.41) is 4.20. The highest BCUT2D eigenvalue weighted by atomic mass is 15.4. The Bertz CT molecular complexity index is 433. The fraction of sp³-hybridized carbons (Fsp3) is 0.300. The summed E-state index contributed by atoms with van der Waals surface area (Å²) in [4.78, 5) is 8.50. The minimum absolute atomic E-state index is 0.758. The van der Waals surface area contributed by atoms with Gasteiger partial charge in [0.05, 0.1) is 0 Å². The van der Waals surface area contributed by atoms with Crippen molar-refractivity contribution >= 4 is 0 Å². The molecule has 0 radical (unpaired) electrons. The molecule has 4 nitrogen and oxygen atoms in total. The van der Waals surface area contributed by atoms with Gasteiger partial charge in [0.25, 0.3) is 0 Å². The second-order valence-electron chi connectivity index (χ2n) is 3.08. The van der Waals surface area contributed by atoms with Crippen LogP contribution in [0.1, 0.15) is 18.4 Å². The first-order valence-electron chi connectivity index (χ1n) is 4.64. The highest BCUT2D eigenvalue weighted by Gasteiger charge is 2.00. The van der Waals surface area contributed by atoms with Gasteiger partial charge in [-0.15, -0.1) is 0 Å². The number of hydrogen-bond donors (Lipinski definition) is 0. The SMILES string of the molecule is CCc1cccc(-n2cnc(C)n2)n1. The fourth-order valence-corrected chi connectivity index (χ4v) is 1.25. The second kappa shape index (κ2) is 3.57. The number of hydrogen-bond acceptors (Lipinski definition) is 3. The van der Waals surface area contributed by atoms with Crippen LogP contribution in [0.2, 0.25) is 0 Å². The van der Waals surface area contributed by atoms with Gasteiger partial charge in [-0.05, 0) is 25.5 Å². The topological polar surface area (TPSA) is 43.6 Å². The summed E-state index contributed by atoms with van der Waals surface area (Å²) >= 11 is 0. The highest BCUT2D eigenvalue weighted by Crippen LogP contribution is 2.04. The van der Waals surface area contributed by atoms with Crippen LogP contribution < -0.4 is 0 Å². The fourth-order valence-electron chi connectivity index (χ4n) is 1.25. The van der Waals surface area contributed by atoms with Gasteiger partial charge in [-0.1, -0.05) is 13.0 Å². The molecule has 2 aromatic heterocycles. The summed E-state index contributed by atoms with van der Waals surface area (Å²) in [5.74, 6) is 1.58. The molecular weight excluding hydrogens is 176 g/mol. The van der Waals surface area contributed by atoms with E-state index in [0.29, 0.717) is 0 Å². The summed E-state index contributed by atoms with van der Waals surface area (Å²) in [6, 6.07) is 5.92. The van der Waals surface area contributed by atoms with Crippen LogP contribution in [0.4, 0.5) is 0 Å². The van der Waals surface area contributed by atoms with Gasteiger partial charge in [-0.3, -0.25) is 0 Å². The minimum Gasteiger partial charge on any atom is -0.234 e. The molecule has 0 aromatic carbocycles. The van der Waals surface area contributed by atoms with Gasteiger partial charge >= 0.3 is 0 Å². The van der Waals surface area contributed by atoms with Gasteiger partial charge in [-0.25, -0.2) is 14.6 Å². The van der Waals surface area contributed by atoms with Gasteiger partial charge in [0.15, 0.2) is 5.82 Å². The molecule has 0 amide bonds. The molecule has 4 heteroatoms. The molecule has 0 aliphatic carbocycles. The molecular formula is C10H12N4. The zero-order valence-electron chi connectivity index (χ0n) is 8.31. The number of pyridine rings is 1. The van der Waals surface area contributed by atoms with Crippen molar-refractivity contribution in [2.45, 2.75) is 20.3 Å². The Hall–Kier alpha value is -1.71. The van der Waals surface area contributed by atoms with Gasteiger partial charge in [0.2, 0.25) is 0 Å². The number of aromatic nitrogens is 4. The third-order valence-corrected chi connectivity index (χ3v) is 2.00. The van der Waals surface area contributed by atoms with Gasteiger partial charge in [0, 0.05) is 5.69 Å². The maximum atomic E-state index is 4.44. The first-order valence-corrected chi connectivity index (χ1v) is 4.64. The molecule has 2 rings (SSSR count). The van der Waals surface area contributed by atoms with Gasteiger partial charge < -0.3 is 0 Å². The van der Waals surface area contributed by atoms with E-state index >= 15 is 0 Å². The molecule has 0 N–H and O–H groups in total. The molecule has 14 heavy (non-hydrogen) atoms. The van der Waals surface area contributed by atoms with Crippen molar-refractivity contribution in [1.29, 1.82) is 0 Å². The van der Waals surface area contributed by atoms with Crippen LogP contribution in [0.25, 0.3) is 5.82 Å². The second-order valence-corrected chi connectivity index (χ2v) is 3.08. The number of nitrogens with zero attached hydrogens (tertiary/aromatic N) is 4. The summed E-state index contributed by atoms with van der Waals surface area (Å²) < 4.78 is 1.69. The molecule has 2 aromatic rings. The van der Waals surface area contributed by atoms with Crippen molar-refractivity contribution in [2.75, 3.05) is 0 Å². The lowest BCUT2D eigenvalue weighted by atomic mass is 10.3. The lowest BCUT2D eigenvalue weighted by molar-refractivity contribution is 0.820. The van der Waals surface area contributed by atoms with E-state index < -0.39 is 0 Å². The van der Waals surface area contributed by atoms with Crippen molar-refractivity contribution in [1.82, 2.24) is 19.7 Å². The van der Waals surface area contributed by atoms with Crippen LogP contribution in [-0.2, 0) is 6.42 Å². The average molecular weight is 188 g/mol. The summed E-state index contributed by atoms with van der Waals surface area (Å²) in [7, 11) is 0. The van der Waals surface area contributed by atoms with E-state index in [1.165, 1.54) is 0 Å². The zero-order valence-corrected chi connectivity index (χ0v) is 8.31. The molecule has 0 aliphatic heterocycles. The van der Waals surface area contributed by atoms with Crippen LogP contribution in [0.3, 0.4) is 0 Å². The van der Waals surface area contributed by atoms with E-state index in [9.17, 15) is 0 Å². The van der Waals surface area contributed by atoms with Crippen molar-refractivity contribution in [3.05, 3.63) is 36.0 Å². The Balaban J connectivity index is 2.41. The standard InChI is InChI=1S/C10H12N4/c1-3-9-5-4-6-10(12-9)14-7-11-8(2)13-14/h4-7H,3H2,1-2H3. The maximum absolute atomic E-state index is 4.44. The lowest BCUT2D eigenvalue weighted by Gasteiger charge is -2.00. The molecule has 0 spiro atoms. The molecule has 0 aliphatic rings. The molecule has 0 bridgehead atoms. The van der Waals surface area contributed by atoms with E-state index in [1.54, 1.807) is 11.0 Å². The summed E-state index contributed by atoms with van der Waals surface area (Å²) in [5.41, 5.74) is 1.07. The normalized spacial score (nSPS) is 10.4. The minimum atomic E-state index is 0.758. The van der Waals surface area contributed by atoms with Crippen LogP contribution in [0, 0.1) is 6.92 Å². The van der Waals surface area contributed by atoms with E-state index in [0.717, 1.165) is 23.8 Å². The van der Waals surface area contributed by atoms with Crippen molar-refractivity contribution in [2.24, 2.45) is 0 Å². The highest BCUT2D eigenvalue weighted by molar-refractivity contribution is 5.22. The Morgan fingerprint density at radius 3 is 2.86 bits per heavy atom. The lowest BCUT2D eigenvalue weighted by Crippen LogP contribution is -2.00. The Morgan fingerprint density at radius 1 is 1.36 bits per heavy atom. The Kier molecular flexibility index (Phi) is 2.26. The quantitative estimate of drug-likeness (QED) is 0.717. The van der Waals surface area contributed by atoms with Crippen molar-refractivity contribution < 1.29 is 0 Å². The maximum Gasteiger partial charge on any atom is 0.155 e. The third-order valence-electron chi connectivity index (χ3n) is 2.00. The third kappa shape index (κ3) is 1.64. The van der Waals surface area contributed by atoms with Crippen LogP contribution in [-0.4, -0.2) is 19.7 Å². The number of aryl methyl sites for hydroxylation is 2. The first-order chi connectivity index (χ1) is 6.79. The molecule has 0 saturated carbocycles. The van der Waals surface area contributed by atoms with Crippen molar-refractivity contribution in [3.63, 3.8) is 0 Å². The number of rotatable bonds is 2. The average Bonchev–Trinajstić information content (AvgIpc) is 2.65. The Morgan fingerprint density at radius 2 is 2.21 bits per heavy atom. The van der Waals surface area contributed by atoms with Crippen LogP contribution in [0.15, 0.2) is 24.5 Å². The smallest absolute Gasteiger partial charge is 0.155 e. The van der Waals surface area contributed by atoms with Crippen LogP contribution >= 0.6 is 0 Å². The predicted octanol–water partition coefficient (Wildman–Crippen LogP) is 1.53. The zero-order chi connectivity index (χ0) is 9.97. The summed E-state index contributed by atoms with van der Waals surface area (Å²) in [6.07, 6.45) is 2.61. The first kappa shape index (κ1) is 8.87. The monoisotopic (exact) mass is 188 g/mol. The molecule has 72 valence electrons. The van der Waals surface area contributed by atoms with Gasteiger partial charge in [0.1, 0.15) is 12.2 Å². The van der Waals surface area contributed by atoms with Crippen molar-refractivity contribution in [3.8, 4) is 5.82 Å². The Labute approximate surface area is 82.6 Å². The molecule has 2 heterocycles. The van der Waals surface area contributed by atoms with E-state index in [4.69, 9.17) is 0 Å². The van der Waals surface area contributed by atoms with Crippen LogP contribution in [0.5, 0.6) is 0 Å². The molecule has 0 saturated heterocycles. The summed E-state index contributed by atoms with van der Waals surface area (Å²) in [6.45, 7) is 3.94. The largest absolute Gasteiger partial charge is 0.234 e. The van der Waals surface area contributed by atoms with E-state index in [1.807, 2.05) is 25.1 Å². The molecule has 0 unspecified atom stereocenters.